The fourth-order valence-electron chi connectivity index (χ4n) is 4.49. The molecule has 1 aliphatic heterocycles. The summed E-state index contributed by atoms with van der Waals surface area (Å²) in [5.74, 6) is 0.442. The molecule has 1 heterocycles. The zero-order chi connectivity index (χ0) is 21.8. The highest BCUT2D eigenvalue weighted by Crippen LogP contribution is 2.36. The summed E-state index contributed by atoms with van der Waals surface area (Å²) in [6, 6.07) is 19.6. The van der Waals surface area contributed by atoms with Gasteiger partial charge >= 0.3 is 0 Å². The summed E-state index contributed by atoms with van der Waals surface area (Å²) in [5, 5.41) is 3.18. The van der Waals surface area contributed by atoms with Crippen molar-refractivity contribution in [2.45, 2.75) is 40.2 Å². The van der Waals surface area contributed by atoms with Gasteiger partial charge in [-0.05, 0) is 68.0 Å². The van der Waals surface area contributed by atoms with E-state index in [1.54, 1.807) is 0 Å². The van der Waals surface area contributed by atoms with Crippen LogP contribution in [0.1, 0.15) is 45.5 Å². The van der Waals surface area contributed by atoms with Crippen molar-refractivity contribution in [1.82, 2.24) is 0 Å². The Hall–Kier alpha value is -3.27. The lowest BCUT2D eigenvalue weighted by Crippen LogP contribution is -2.22. The normalized spacial score (nSPS) is 13.3. The second-order valence-electron chi connectivity index (χ2n) is 8.28. The van der Waals surface area contributed by atoms with Gasteiger partial charge in [-0.2, -0.15) is 0 Å². The molecular weight excluding hydrogens is 384 g/mol. The lowest BCUT2D eigenvalue weighted by Gasteiger charge is -2.26. The Balaban J connectivity index is 1.58. The molecule has 1 saturated heterocycles. The summed E-state index contributed by atoms with van der Waals surface area (Å²) >= 11 is 0. The van der Waals surface area contributed by atoms with Crippen LogP contribution in [0.3, 0.4) is 0 Å². The van der Waals surface area contributed by atoms with Gasteiger partial charge in [0.2, 0.25) is 0 Å². The molecule has 0 atom stereocenters. The fraction of sp³-hybridized carbons (Fsp3) is 0.296. The second kappa shape index (κ2) is 9.25. The molecule has 4 rings (SSSR count). The van der Waals surface area contributed by atoms with E-state index >= 15 is 0 Å². The Morgan fingerprint density at radius 2 is 1.61 bits per heavy atom. The summed E-state index contributed by atoms with van der Waals surface area (Å²) in [7, 11) is 0. The summed E-state index contributed by atoms with van der Waals surface area (Å²) in [5.41, 5.74) is 7.24. The third-order valence-electron chi connectivity index (χ3n) is 5.96. The van der Waals surface area contributed by atoms with Crippen LogP contribution in [-0.2, 0) is 6.61 Å². The molecule has 4 heteroatoms. The molecule has 3 aromatic rings. The third-order valence-corrected chi connectivity index (χ3v) is 5.96. The Morgan fingerprint density at radius 3 is 2.35 bits per heavy atom. The van der Waals surface area contributed by atoms with E-state index in [2.05, 4.69) is 37.1 Å². The summed E-state index contributed by atoms with van der Waals surface area (Å²) < 4.78 is 6.00. The molecule has 1 aliphatic rings. The summed E-state index contributed by atoms with van der Waals surface area (Å²) in [4.78, 5) is 15.7. The van der Waals surface area contributed by atoms with Crippen LogP contribution in [0.25, 0.3) is 0 Å². The quantitative estimate of drug-likeness (QED) is 0.534. The van der Waals surface area contributed by atoms with Crippen LogP contribution in [0.2, 0.25) is 0 Å². The maximum absolute atomic E-state index is 13.3. The van der Waals surface area contributed by atoms with Gasteiger partial charge in [0, 0.05) is 24.5 Å². The molecule has 0 saturated carbocycles. The Labute approximate surface area is 184 Å². The fourth-order valence-corrected chi connectivity index (χ4v) is 4.49. The topological polar surface area (TPSA) is 41.6 Å². The zero-order valence-electron chi connectivity index (χ0n) is 18.6. The van der Waals surface area contributed by atoms with Crippen molar-refractivity contribution in [2.75, 3.05) is 23.3 Å². The molecule has 0 bridgehead atoms. The van der Waals surface area contributed by atoms with Crippen LogP contribution in [-0.4, -0.2) is 19.0 Å². The molecule has 0 aromatic heterocycles. The molecule has 0 radical (unpaired) electrons. The number of hydrogen-bond donors (Lipinski definition) is 1. The number of nitrogens with one attached hydrogen (secondary N) is 1. The molecule has 1 amide bonds. The number of ether oxygens (including phenoxy) is 1. The first-order chi connectivity index (χ1) is 15.0. The number of carbonyl (C=O) groups excluding carboxylic acids is 1. The number of nitrogens with zero attached hydrogens (tertiary/aromatic N) is 1. The maximum atomic E-state index is 13.3. The first-order valence-electron chi connectivity index (χ1n) is 11.0. The van der Waals surface area contributed by atoms with Crippen molar-refractivity contribution in [3.05, 3.63) is 88.5 Å². The Morgan fingerprint density at radius 1 is 0.935 bits per heavy atom. The van der Waals surface area contributed by atoms with Gasteiger partial charge in [-0.15, -0.1) is 0 Å². The maximum Gasteiger partial charge on any atom is 0.259 e. The van der Waals surface area contributed by atoms with Gasteiger partial charge in [0.1, 0.15) is 12.4 Å². The highest BCUT2D eigenvalue weighted by atomic mass is 16.5. The number of hydrogen-bond acceptors (Lipinski definition) is 3. The van der Waals surface area contributed by atoms with E-state index in [0.29, 0.717) is 17.9 Å². The predicted octanol–water partition coefficient (Wildman–Crippen LogP) is 6.04. The van der Waals surface area contributed by atoms with Crippen LogP contribution in [0.15, 0.2) is 60.7 Å². The average molecular weight is 415 g/mol. The largest absolute Gasteiger partial charge is 0.488 e. The molecule has 0 aliphatic carbocycles. The zero-order valence-corrected chi connectivity index (χ0v) is 18.6. The van der Waals surface area contributed by atoms with Crippen LogP contribution < -0.4 is 15.0 Å². The van der Waals surface area contributed by atoms with Gasteiger partial charge in [0.15, 0.2) is 0 Å². The standard InChI is InChI=1S/C27H30N2O2/c1-19-17-20(2)26(29-15-9-10-16-29)21(3)25(19)28-27(30)23-13-7-8-14-24(23)31-18-22-11-5-4-6-12-22/h4-8,11-14,17H,9-10,15-16,18H2,1-3H3,(H,28,30). The van der Waals surface area contributed by atoms with Gasteiger partial charge in [-0.25, -0.2) is 0 Å². The van der Waals surface area contributed by atoms with Crippen LogP contribution in [0.5, 0.6) is 5.75 Å². The van der Waals surface area contributed by atoms with Gasteiger partial charge in [-0.1, -0.05) is 48.5 Å². The molecule has 31 heavy (non-hydrogen) atoms. The molecule has 160 valence electrons. The number of carbonyl (C=O) groups is 1. The van der Waals surface area contributed by atoms with Crippen LogP contribution in [0.4, 0.5) is 11.4 Å². The minimum absolute atomic E-state index is 0.147. The van der Waals surface area contributed by atoms with Crippen LogP contribution in [0, 0.1) is 20.8 Å². The van der Waals surface area contributed by atoms with Gasteiger partial charge < -0.3 is 15.0 Å². The van der Waals surface area contributed by atoms with Crippen molar-refractivity contribution in [2.24, 2.45) is 0 Å². The van der Waals surface area contributed by atoms with Crippen molar-refractivity contribution in [1.29, 1.82) is 0 Å². The van der Waals surface area contributed by atoms with E-state index in [0.717, 1.165) is 35.5 Å². The highest BCUT2D eigenvalue weighted by molar-refractivity contribution is 6.07. The smallest absolute Gasteiger partial charge is 0.259 e. The third kappa shape index (κ3) is 4.58. The first-order valence-corrected chi connectivity index (χ1v) is 11.0. The number of aryl methyl sites for hydroxylation is 2. The number of amides is 1. The Bertz CT molecular complexity index is 1070. The van der Waals surface area contributed by atoms with Crippen molar-refractivity contribution in [3.8, 4) is 5.75 Å². The Kier molecular flexibility index (Phi) is 6.26. The summed E-state index contributed by atoms with van der Waals surface area (Å²) in [6.45, 7) is 8.91. The average Bonchev–Trinajstić information content (AvgIpc) is 3.30. The van der Waals surface area contributed by atoms with Gasteiger partial charge in [-0.3, -0.25) is 4.79 Å². The van der Waals surface area contributed by atoms with E-state index in [1.807, 2.05) is 54.6 Å². The monoisotopic (exact) mass is 414 g/mol. The number of rotatable bonds is 6. The predicted molar refractivity (Wildman–Crippen MR) is 127 cm³/mol. The molecule has 3 aromatic carbocycles. The van der Waals surface area contributed by atoms with E-state index in [4.69, 9.17) is 4.74 Å². The second-order valence-corrected chi connectivity index (χ2v) is 8.28. The van der Waals surface area contributed by atoms with Crippen molar-refractivity contribution < 1.29 is 9.53 Å². The molecule has 1 N–H and O–H groups in total. The number of para-hydroxylation sites is 1. The van der Waals surface area contributed by atoms with Crippen LogP contribution >= 0.6 is 0 Å². The van der Waals surface area contributed by atoms with E-state index < -0.39 is 0 Å². The van der Waals surface area contributed by atoms with E-state index in [9.17, 15) is 4.79 Å². The van der Waals surface area contributed by atoms with E-state index in [-0.39, 0.29) is 5.91 Å². The number of anilines is 2. The molecular formula is C27H30N2O2. The van der Waals surface area contributed by atoms with E-state index in [1.165, 1.54) is 24.1 Å². The SMILES string of the molecule is Cc1cc(C)c(N2CCCC2)c(C)c1NC(=O)c1ccccc1OCc1ccccc1. The van der Waals surface area contributed by atoms with Gasteiger partial charge in [0.25, 0.3) is 5.91 Å². The van der Waals surface area contributed by atoms with Crippen molar-refractivity contribution >= 4 is 17.3 Å². The summed E-state index contributed by atoms with van der Waals surface area (Å²) in [6.07, 6.45) is 2.45. The molecule has 4 nitrogen and oxygen atoms in total. The minimum atomic E-state index is -0.147. The highest BCUT2D eigenvalue weighted by Gasteiger charge is 2.21. The molecule has 0 unspecified atom stereocenters. The lowest BCUT2D eigenvalue weighted by molar-refractivity contribution is 0.102. The molecule has 1 fully saturated rings. The van der Waals surface area contributed by atoms with Crippen molar-refractivity contribution in [3.63, 3.8) is 0 Å². The number of benzene rings is 3. The first kappa shape index (κ1) is 21.0. The van der Waals surface area contributed by atoms with Gasteiger partial charge in [0.05, 0.1) is 5.56 Å². The lowest BCUT2D eigenvalue weighted by atomic mass is 10.0. The molecule has 0 spiro atoms. The minimum Gasteiger partial charge on any atom is -0.488 e.